The largest absolute Gasteiger partial charge is 0.491 e. The first kappa shape index (κ1) is 18.4. The molecule has 2 N–H and O–H groups in total. The van der Waals surface area contributed by atoms with E-state index in [0.717, 1.165) is 12.2 Å². The molecule has 0 radical (unpaired) electrons. The topological polar surface area (TPSA) is 80.3 Å². The van der Waals surface area contributed by atoms with Crippen LogP contribution in [0.4, 0.5) is 5.69 Å². The molecule has 1 heterocycles. The van der Waals surface area contributed by atoms with Crippen molar-refractivity contribution in [3.05, 3.63) is 53.9 Å². The van der Waals surface area contributed by atoms with Crippen LogP contribution in [-0.2, 0) is 0 Å². The van der Waals surface area contributed by atoms with Crippen LogP contribution in [0.5, 0.6) is 5.75 Å². The second-order valence-corrected chi connectivity index (χ2v) is 5.86. The van der Waals surface area contributed by atoms with Gasteiger partial charge in [-0.05, 0) is 50.6 Å². The lowest BCUT2D eigenvalue weighted by molar-refractivity contribution is 0.0953. The summed E-state index contributed by atoms with van der Waals surface area (Å²) in [6.07, 6.45) is 3.81. The molecule has 0 unspecified atom stereocenters. The quantitative estimate of drug-likeness (QED) is 0.810. The van der Waals surface area contributed by atoms with Crippen molar-refractivity contribution in [1.29, 1.82) is 0 Å². The monoisotopic (exact) mass is 341 g/mol. The molecule has 6 heteroatoms. The summed E-state index contributed by atoms with van der Waals surface area (Å²) in [5.74, 6) is 0.179. The van der Waals surface area contributed by atoms with E-state index in [1.54, 1.807) is 24.3 Å². The summed E-state index contributed by atoms with van der Waals surface area (Å²) >= 11 is 0. The molecule has 6 nitrogen and oxygen atoms in total. The van der Waals surface area contributed by atoms with Crippen LogP contribution < -0.4 is 15.4 Å². The van der Waals surface area contributed by atoms with Crippen LogP contribution in [-0.4, -0.2) is 29.4 Å². The fourth-order valence-electron chi connectivity index (χ4n) is 2.12. The van der Waals surface area contributed by atoms with Gasteiger partial charge in [-0.3, -0.25) is 14.6 Å². The minimum Gasteiger partial charge on any atom is -0.491 e. The predicted octanol–water partition coefficient (Wildman–Crippen LogP) is 3.26. The smallest absolute Gasteiger partial charge is 0.257 e. The number of amides is 2. The van der Waals surface area contributed by atoms with Crippen molar-refractivity contribution in [1.82, 2.24) is 10.3 Å². The Morgan fingerprint density at radius 3 is 2.32 bits per heavy atom. The highest BCUT2D eigenvalue weighted by Crippen LogP contribution is 2.17. The van der Waals surface area contributed by atoms with Gasteiger partial charge in [0.1, 0.15) is 5.75 Å². The fourth-order valence-corrected chi connectivity index (χ4v) is 2.12. The van der Waals surface area contributed by atoms with Gasteiger partial charge in [-0.1, -0.05) is 6.92 Å². The molecule has 2 amide bonds. The highest BCUT2D eigenvalue weighted by atomic mass is 16.5. The van der Waals surface area contributed by atoms with Gasteiger partial charge in [0.25, 0.3) is 11.8 Å². The number of ether oxygens (including phenoxy) is 1. The first-order chi connectivity index (χ1) is 12.0. The van der Waals surface area contributed by atoms with Crippen LogP contribution in [0, 0.1) is 0 Å². The van der Waals surface area contributed by atoms with Crippen LogP contribution in [0.3, 0.4) is 0 Å². The standard InChI is InChI=1S/C19H23N3O3/c1-4-9-21-18(23)14-10-15(12-20-11-14)19(24)22-16-5-7-17(8-6-16)25-13(2)3/h5-8,10-13H,4,9H2,1-3H3,(H,21,23)(H,22,24). The molecular formula is C19H23N3O3. The van der Waals surface area contributed by atoms with E-state index in [1.165, 1.54) is 18.5 Å². The van der Waals surface area contributed by atoms with E-state index in [1.807, 2.05) is 20.8 Å². The Kier molecular flexibility index (Phi) is 6.51. The van der Waals surface area contributed by atoms with Crippen molar-refractivity contribution in [2.24, 2.45) is 0 Å². The highest BCUT2D eigenvalue weighted by Gasteiger charge is 2.11. The number of nitrogens with zero attached hydrogens (tertiary/aromatic N) is 1. The van der Waals surface area contributed by atoms with E-state index >= 15 is 0 Å². The Bertz CT molecular complexity index is 727. The molecule has 25 heavy (non-hydrogen) atoms. The van der Waals surface area contributed by atoms with Crippen molar-refractivity contribution in [2.45, 2.75) is 33.3 Å². The number of hydrogen-bond donors (Lipinski definition) is 2. The lowest BCUT2D eigenvalue weighted by Gasteiger charge is -2.11. The number of hydrogen-bond acceptors (Lipinski definition) is 4. The van der Waals surface area contributed by atoms with Crippen LogP contribution in [0.25, 0.3) is 0 Å². The summed E-state index contributed by atoms with van der Waals surface area (Å²) in [5.41, 5.74) is 1.33. The summed E-state index contributed by atoms with van der Waals surface area (Å²) in [6, 6.07) is 8.65. The Morgan fingerprint density at radius 1 is 1.08 bits per heavy atom. The minimum atomic E-state index is -0.324. The maximum absolute atomic E-state index is 12.4. The lowest BCUT2D eigenvalue weighted by Crippen LogP contribution is -2.24. The van der Waals surface area contributed by atoms with Gasteiger partial charge < -0.3 is 15.4 Å². The van der Waals surface area contributed by atoms with Gasteiger partial charge in [-0.15, -0.1) is 0 Å². The Balaban J connectivity index is 2.04. The number of carbonyl (C=O) groups is 2. The molecule has 0 saturated carbocycles. The molecule has 2 aromatic rings. The third-order valence-corrected chi connectivity index (χ3v) is 3.28. The summed E-state index contributed by atoms with van der Waals surface area (Å²) < 4.78 is 5.57. The zero-order valence-electron chi connectivity index (χ0n) is 14.7. The number of nitrogens with one attached hydrogen (secondary N) is 2. The molecule has 0 aliphatic heterocycles. The molecule has 1 aromatic carbocycles. The normalized spacial score (nSPS) is 10.4. The zero-order valence-corrected chi connectivity index (χ0v) is 14.7. The molecule has 0 atom stereocenters. The molecule has 1 aromatic heterocycles. The van der Waals surface area contributed by atoms with E-state index in [-0.39, 0.29) is 17.9 Å². The third kappa shape index (κ3) is 5.60. The number of aromatic nitrogens is 1. The van der Waals surface area contributed by atoms with Gasteiger partial charge in [-0.2, -0.15) is 0 Å². The maximum atomic E-state index is 12.4. The number of rotatable bonds is 7. The molecule has 2 rings (SSSR count). The van der Waals surface area contributed by atoms with Crippen molar-refractivity contribution >= 4 is 17.5 Å². The van der Waals surface area contributed by atoms with E-state index in [9.17, 15) is 9.59 Å². The average molecular weight is 341 g/mol. The maximum Gasteiger partial charge on any atom is 0.257 e. The zero-order chi connectivity index (χ0) is 18.2. The van der Waals surface area contributed by atoms with Crippen LogP contribution in [0.2, 0.25) is 0 Å². The van der Waals surface area contributed by atoms with Crippen molar-refractivity contribution in [3.8, 4) is 5.75 Å². The first-order valence-electron chi connectivity index (χ1n) is 8.31. The molecule has 0 aliphatic carbocycles. The van der Waals surface area contributed by atoms with Gasteiger partial charge in [-0.25, -0.2) is 0 Å². The van der Waals surface area contributed by atoms with Gasteiger partial charge in [0, 0.05) is 24.6 Å². The Morgan fingerprint density at radius 2 is 1.72 bits per heavy atom. The number of benzene rings is 1. The third-order valence-electron chi connectivity index (χ3n) is 3.28. The van der Waals surface area contributed by atoms with Gasteiger partial charge in [0.05, 0.1) is 17.2 Å². The molecule has 132 valence electrons. The highest BCUT2D eigenvalue weighted by molar-refractivity contribution is 6.05. The van der Waals surface area contributed by atoms with Crippen molar-refractivity contribution in [2.75, 3.05) is 11.9 Å². The minimum absolute atomic E-state index is 0.0908. The SMILES string of the molecule is CCCNC(=O)c1cncc(C(=O)Nc2ccc(OC(C)C)cc2)c1. The van der Waals surface area contributed by atoms with E-state index in [4.69, 9.17) is 4.74 Å². The molecule has 0 bridgehead atoms. The average Bonchev–Trinajstić information content (AvgIpc) is 2.61. The molecule has 0 fully saturated rings. The second-order valence-electron chi connectivity index (χ2n) is 5.86. The number of pyridine rings is 1. The number of carbonyl (C=O) groups excluding carboxylic acids is 2. The van der Waals surface area contributed by atoms with E-state index < -0.39 is 0 Å². The van der Waals surface area contributed by atoms with Crippen LogP contribution in [0.15, 0.2) is 42.7 Å². The molecule has 0 aliphatic rings. The summed E-state index contributed by atoms with van der Waals surface area (Å²) in [4.78, 5) is 28.3. The fraction of sp³-hybridized carbons (Fsp3) is 0.316. The second kappa shape index (κ2) is 8.82. The van der Waals surface area contributed by atoms with Gasteiger partial charge in [0.2, 0.25) is 0 Å². The van der Waals surface area contributed by atoms with Gasteiger partial charge in [0.15, 0.2) is 0 Å². The van der Waals surface area contributed by atoms with Crippen molar-refractivity contribution in [3.63, 3.8) is 0 Å². The van der Waals surface area contributed by atoms with E-state index in [2.05, 4.69) is 15.6 Å². The van der Waals surface area contributed by atoms with E-state index in [0.29, 0.717) is 23.4 Å². The molecule has 0 saturated heterocycles. The summed E-state index contributed by atoms with van der Waals surface area (Å²) in [7, 11) is 0. The molecule has 0 spiro atoms. The molecular weight excluding hydrogens is 318 g/mol. The van der Waals surface area contributed by atoms with Crippen molar-refractivity contribution < 1.29 is 14.3 Å². The Hall–Kier alpha value is -2.89. The predicted molar refractivity (Wildman–Crippen MR) is 97.0 cm³/mol. The van der Waals surface area contributed by atoms with Crippen LogP contribution >= 0.6 is 0 Å². The summed E-state index contributed by atoms with van der Waals surface area (Å²) in [5, 5.41) is 5.54. The van der Waals surface area contributed by atoms with Gasteiger partial charge >= 0.3 is 0 Å². The number of anilines is 1. The Labute approximate surface area is 147 Å². The summed E-state index contributed by atoms with van der Waals surface area (Å²) in [6.45, 7) is 6.46. The first-order valence-corrected chi connectivity index (χ1v) is 8.31. The lowest BCUT2D eigenvalue weighted by atomic mass is 10.1. The van der Waals surface area contributed by atoms with Crippen LogP contribution in [0.1, 0.15) is 47.9 Å².